The van der Waals surface area contributed by atoms with Crippen LogP contribution in [0.2, 0.25) is 0 Å². The van der Waals surface area contributed by atoms with Crippen molar-refractivity contribution in [2.24, 2.45) is 5.41 Å². The Kier molecular flexibility index (Phi) is 6.04. The molecule has 0 bridgehead atoms. The smallest absolute Gasteiger partial charge is 0.304 e. The van der Waals surface area contributed by atoms with E-state index in [4.69, 9.17) is 9.84 Å². The van der Waals surface area contributed by atoms with Gasteiger partial charge in [-0.2, -0.15) is 0 Å². The number of benzene rings is 1. The van der Waals surface area contributed by atoms with Crippen LogP contribution >= 0.6 is 0 Å². The third-order valence-corrected chi connectivity index (χ3v) is 5.87. The molecule has 1 N–H and O–H groups in total. The lowest BCUT2D eigenvalue weighted by molar-refractivity contribution is -0.137. The monoisotopic (exact) mass is 352 g/mol. The first-order valence-electron chi connectivity index (χ1n) is 9.65. The maximum Gasteiger partial charge on any atom is 0.304 e. The summed E-state index contributed by atoms with van der Waals surface area (Å²) < 4.78 is 5.95. The van der Waals surface area contributed by atoms with Crippen LogP contribution in [0, 0.1) is 17.3 Å². The van der Waals surface area contributed by atoms with E-state index in [1.807, 2.05) is 24.3 Å². The zero-order valence-electron chi connectivity index (χ0n) is 15.6. The van der Waals surface area contributed by atoms with Crippen LogP contribution in [-0.2, 0) is 4.79 Å². The van der Waals surface area contributed by atoms with Gasteiger partial charge in [-0.05, 0) is 67.7 Å². The average molecular weight is 352 g/mol. The quantitative estimate of drug-likeness (QED) is 0.557. The van der Waals surface area contributed by atoms with Gasteiger partial charge >= 0.3 is 5.97 Å². The highest BCUT2D eigenvalue weighted by molar-refractivity contribution is 5.69. The number of carboxylic acids is 1. The molecule has 138 valence electrons. The van der Waals surface area contributed by atoms with E-state index in [1.54, 1.807) is 6.92 Å². The molecule has 1 fully saturated rings. The maximum absolute atomic E-state index is 11.0. The second-order valence-electron chi connectivity index (χ2n) is 7.68. The lowest BCUT2D eigenvalue weighted by Gasteiger charge is -2.32. The first kappa shape index (κ1) is 18.6. The van der Waals surface area contributed by atoms with Crippen LogP contribution in [0.5, 0.6) is 5.75 Å². The van der Waals surface area contributed by atoms with Gasteiger partial charge in [0, 0.05) is 0 Å². The Morgan fingerprint density at radius 3 is 2.54 bits per heavy atom. The average Bonchev–Trinajstić information content (AvgIpc) is 3.09. The van der Waals surface area contributed by atoms with E-state index in [-0.39, 0.29) is 12.3 Å². The van der Waals surface area contributed by atoms with Crippen molar-refractivity contribution in [1.29, 1.82) is 0 Å². The van der Waals surface area contributed by atoms with E-state index in [2.05, 4.69) is 17.9 Å². The van der Waals surface area contributed by atoms with E-state index < -0.39 is 5.97 Å². The van der Waals surface area contributed by atoms with Gasteiger partial charge in [-0.1, -0.05) is 37.0 Å². The summed E-state index contributed by atoms with van der Waals surface area (Å²) in [6.45, 7) is 2.39. The third-order valence-electron chi connectivity index (χ3n) is 5.87. The molecule has 0 unspecified atom stereocenters. The Bertz CT molecular complexity index is 712. The van der Waals surface area contributed by atoms with Crippen molar-refractivity contribution in [1.82, 2.24) is 0 Å². The number of allylic oxidation sites excluding steroid dienone is 1. The number of ether oxygens (including phenoxy) is 1. The standard InChI is InChI=1S/C23H28O3/c1-2-5-20(16-22(24)25)19-6-8-21(9-7-19)26-17-18-10-14-23(15-11-18)12-3-4-13-23/h6-10,20H,3-4,11-17H2,1H3,(H,24,25)/t20-/m0/s1. The second kappa shape index (κ2) is 8.45. The molecule has 0 saturated heterocycles. The van der Waals surface area contributed by atoms with Gasteiger partial charge in [-0.3, -0.25) is 4.79 Å². The molecular formula is C23H28O3. The Balaban J connectivity index is 1.55. The summed E-state index contributed by atoms with van der Waals surface area (Å²) in [7, 11) is 0. The summed E-state index contributed by atoms with van der Waals surface area (Å²) in [4.78, 5) is 11.0. The Labute approximate surface area is 156 Å². The van der Waals surface area contributed by atoms with Crippen molar-refractivity contribution < 1.29 is 14.6 Å². The second-order valence-corrected chi connectivity index (χ2v) is 7.68. The Morgan fingerprint density at radius 1 is 1.23 bits per heavy atom. The molecule has 3 rings (SSSR count). The first-order valence-corrected chi connectivity index (χ1v) is 9.65. The molecule has 3 heteroatoms. The van der Waals surface area contributed by atoms with Gasteiger partial charge in [0.15, 0.2) is 0 Å². The molecule has 3 nitrogen and oxygen atoms in total. The number of aliphatic carboxylic acids is 1. The van der Waals surface area contributed by atoms with Gasteiger partial charge in [0.25, 0.3) is 0 Å². The highest BCUT2D eigenvalue weighted by Crippen LogP contribution is 2.48. The third kappa shape index (κ3) is 4.69. The molecule has 26 heavy (non-hydrogen) atoms. The topological polar surface area (TPSA) is 46.5 Å². The van der Waals surface area contributed by atoms with Crippen LogP contribution < -0.4 is 4.74 Å². The maximum atomic E-state index is 11.0. The Hall–Kier alpha value is -2.21. The van der Waals surface area contributed by atoms with Crippen LogP contribution in [0.4, 0.5) is 0 Å². The summed E-state index contributed by atoms with van der Waals surface area (Å²) in [6.07, 6.45) is 11.7. The molecule has 2 aliphatic rings. The van der Waals surface area contributed by atoms with E-state index in [1.165, 1.54) is 44.1 Å². The largest absolute Gasteiger partial charge is 0.489 e. The van der Waals surface area contributed by atoms with Crippen LogP contribution in [0.1, 0.15) is 69.8 Å². The van der Waals surface area contributed by atoms with Crippen LogP contribution in [0.15, 0.2) is 35.9 Å². The number of carboxylic acid groups (broad SMARTS) is 1. The van der Waals surface area contributed by atoms with Gasteiger partial charge in [0.1, 0.15) is 12.4 Å². The minimum absolute atomic E-state index is 0.0235. The highest BCUT2D eigenvalue weighted by Gasteiger charge is 2.34. The molecule has 1 aromatic carbocycles. The fourth-order valence-corrected chi connectivity index (χ4v) is 4.27. The van der Waals surface area contributed by atoms with Crippen molar-refractivity contribution in [2.45, 2.75) is 64.2 Å². The number of hydrogen-bond acceptors (Lipinski definition) is 2. The number of carbonyl (C=O) groups is 1. The normalized spacial score (nSPS) is 19.3. The lowest BCUT2D eigenvalue weighted by atomic mass is 9.74. The molecule has 1 spiro atoms. The molecule has 0 radical (unpaired) electrons. The summed E-state index contributed by atoms with van der Waals surface area (Å²) in [5, 5.41) is 9.03. The molecule has 0 aromatic heterocycles. The van der Waals surface area contributed by atoms with Gasteiger partial charge in [0.2, 0.25) is 0 Å². The van der Waals surface area contributed by atoms with Gasteiger partial charge in [0.05, 0.1) is 12.3 Å². The summed E-state index contributed by atoms with van der Waals surface area (Å²) in [5.74, 6) is 5.53. The zero-order chi connectivity index (χ0) is 18.4. The summed E-state index contributed by atoms with van der Waals surface area (Å²) >= 11 is 0. The van der Waals surface area contributed by atoms with Crippen molar-refractivity contribution in [3.8, 4) is 17.6 Å². The lowest BCUT2D eigenvalue weighted by Crippen LogP contribution is -2.20. The summed E-state index contributed by atoms with van der Waals surface area (Å²) in [6, 6.07) is 7.69. The molecule has 1 saturated carbocycles. The predicted octanol–water partition coefficient (Wildman–Crippen LogP) is 5.32. The van der Waals surface area contributed by atoms with Gasteiger partial charge in [-0.25, -0.2) is 0 Å². The summed E-state index contributed by atoms with van der Waals surface area (Å²) in [5.41, 5.74) is 2.94. The predicted molar refractivity (Wildman–Crippen MR) is 103 cm³/mol. The zero-order valence-corrected chi connectivity index (χ0v) is 15.6. The first-order chi connectivity index (χ1) is 12.6. The van der Waals surface area contributed by atoms with Crippen LogP contribution in [0.3, 0.4) is 0 Å². The molecule has 0 aliphatic heterocycles. The van der Waals surface area contributed by atoms with Crippen molar-refractivity contribution in [3.63, 3.8) is 0 Å². The van der Waals surface area contributed by atoms with E-state index >= 15 is 0 Å². The fraction of sp³-hybridized carbons (Fsp3) is 0.522. The SMILES string of the molecule is CC#C[C@@H](CC(=O)O)c1ccc(OCC2=CCC3(CCCC3)CC2)cc1. The highest BCUT2D eigenvalue weighted by atomic mass is 16.5. The van der Waals surface area contributed by atoms with Crippen molar-refractivity contribution in [3.05, 3.63) is 41.5 Å². The van der Waals surface area contributed by atoms with E-state index in [0.29, 0.717) is 12.0 Å². The Morgan fingerprint density at radius 2 is 1.96 bits per heavy atom. The molecule has 2 aliphatic carbocycles. The van der Waals surface area contributed by atoms with Crippen LogP contribution in [0.25, 0.3) is 0 Å². The minimum atomic E-state index is -0.831. The number of hydrogen-bond donors (Lipinski definition) is 1. The number of rotatable bonds is 6. The molecule has 1 atom stereocenters. The minimum Gasteiger partial charge on any atom is -0.489 e. The van der Waals surface area contributed by atoms with E-state index in [0.717, 1.165) is 17.7 Å². The molecule has 1 aromatic rings. The van der Waals surface area contributed by atoms with Gasteiger partial charge < -0.3 is 9.84 Å². The molecule has 0 heterocycles. The van der Waals surface area contributed by atoms with Gasteiger partial charge in [-0.15, -0.1) is 5.92 Å². The van der Waals surface area contributed by atoms with Crippen molar-refractivity contribution >= 4 is 5.97 Å². The van der Waals surface area contributed by atoms with E-state index in [9.17, 15) is 4.79 Å². The molecular weight excluding hydrogens is 324 g/mol. The molecule has 0 amide bonds. The fourth-order valence-electron chi connectivity index (χ4n) is 4.27. The van der Waals surface area contributed by atoms with Crippen LogP contribution in [-0.4, -0.2) is 17.7 Å². The van der Waals surface area contributed by atoms with Crippen molar-refractivity contribution in [2.75, 3.05) is 6.61 Å².